The van der Waals surface area contributed by atoms with Crippen molar-refractivity contribution in [2.24, 2.45) is 0 Å². The van der Waals surface area contributed by atoms with Gasteiger partial charge in [-0.1, -0.05) is 12.1 Å². The van der Waals surface area contributed by atoms with E-state index in [0.29, 0.717) is 11.7 Å². The Morgan fingerprint density at radius 3 is 2.81 bits per heavy atom. The summed E-state index contributed by atoms with van der Waals surface area (Å²) in [6.45, 7) is 3.50. The minimum atomic E-state index is -0.0895. The molecule has 1 heterocycles. The normalized spacial score (nSPS) is 11.6. The van der Waals surface area contributed by atoms with Crippen LogP contribution in [0.4, 0.5) is 11.5 Å². The molecular formula is C15H18N4O2. The van der Waals surface area contributed by atoms with Gasteiger partial charge in [-0.05, 0) is 24.6 Å². The van der Waals surface area contributed by atoms with Crippen molar-refractivity contribution in [3.8, 4) is 5.88 Å². The largest absolute Gasteiger partial charge is 0.481 e. The van der Waals surface area contributed by atoms with Crippen LogP contribution in [-0.4, -0.2) is 23.0 Å². The summed E-state index contributed by atoms with van der Waals surface area (Å²) in [6, 6.07) is 9.43. The van der Waals surface area contributed by atoms with Gasteiger partial charge in [0.2, 0.25) is 11.8 Å². The Kier molecular flexibility index (Phi) is 4.71. The molecule has 0 saturated heterocycles. The number of carbonyl (C=O) groups excluding carboxylic acids is 1. The number of amides is 1. The smallest absolute Gasteiger partial charge is 0.221 e. The average molecular weight is 286 g/mol. The van der Waals surface area contributed by atoms with Crippen LogP contribution in [0.2, 0.25) is 0 Å². The van der Waals surface area contributed by atoms with Gasteiger partial charge in [0.1, 0.15) is 12.1 Å². The van der Waals surface area contributed by atoms with Crippen molar-refractivity contribution >= 4 is 17.4 Å². The van der Waals surface area contributed by atoms with Crippen molar-refractivity contribution < 1.29 is 9.53 Å². The maximum atomic E-state index is 11.1. The van der Waals surface area contributed by atoms with E-state index in [1.165, 1.54) is 13.3 Å². The summed E-state index contributed by atoms with van der Waals surface area (Å²) in [6.07, 6.45) is 1.45. The molecule has 2 N–H and O–H groups in total. The first-order chi connectivity index (χ1) is 10.1. The summed E-state index contributed by atoms with van der Waals surface area (Å²) in [5, 5.41) is 6.04. The monoisotopic (exact) mass is 286 g/mol. The molecule has 0 radical (unpaired) electrons. The molecule has 1 unspecified atom stereocenters. The molecule has 0 saturated carbocycles. The van der Waals surface area contributed by atoms with Gasteiger partial charge in [0.15, 0.2) is 0 Å². The van der Waals surface area contributed by atoms with Crippen LogP contribution in [0.5, 0.6) is 5.88 Å². The van der Waals surface area contributed by atoms with Crippen LogP contribution in [0, 0.1) is 0 Å². The molecule has 1 amide bonds. The molecule has 6 nitrogen and oxygen atoms in total. The number of rotatable bonds is 5. The van der Waals surface area contributed by atoms with Gasteiger partial charge in [-0.3, -0.25) is 4.79 Å². The first-order valence-corrected chi connectivity index (χ1v) is 6.58. The maximum Gasteiger partial charge on any atom is 0.221 e. The summed E-state index contributed by atoms with van der Waals surface area (Å²) in [7, 11) is 1.56. The third-order valence-electron chi connectivity index (χ3n) is 2.92. The molecule has 110 valence electrons. The van der Waals surface area contributed by atoms with Crippen LogP contribution >= 0.6 is 0 Å². The molecule has 0 spiro atoms. The Labute approximate surface area is 123 Å². The molecule has 2 aromatic rings. The van der Waals surface area contributed by atoms with E-state index >= 15 is 0 Å². The predicted molar refractivity (Wildman–Crippen MR) is 81.4 cm³/mol. The number of methoxy groups -OCH3 is 1. The highest BCUT2D eigenvalue weighted by Gasteiger charge is 2.08. The molecule has 21 heavy (non-hydrogen) atoms. The molecule has 1 aromatic heterocycles. The fraction of sp³-hybridized carbons (Fsp3) is 0.267. The van der Waals surface area contributed by atoms with E-state index in [2.05, 4.69) is 20.6 Å². The van der Waals surface area contributed by atoms with Gasteiger partial charge < -0.3 is 15.4 Å². The van der Waals surface area contributed by atoms with Gasteiger partial charge in [-0.15, -0.1) is 0 Å². The number of nitrogens with one attached hydrogen (secondary N) is 2. The van der Waals surface area contributed by atoms with Crippen LogP contribution in [0.1, 0.15) is 25.5 Å². The van der Waals surface area contributed by atoms with Crippen LogP contribution in [-0.2, 0) is 4.79 Å². The summed E-state index contributed by atoms with van der Waals surface area (Å²) < 4.78 is 5.07. The van der Waals surface area contributed by atoms with Crippen molar-refractivity contribution in [3.05, 3.63) is 42.2 Å². The molecule has 0 aliphatic heterocycles. The lowest BCUT2D eigenvalue weighted by molar-refractivity contribution is -0.114. The quantitative estimate of drug-likeness (QED) is 0.883. The van der Waals surface area contributed by atoms with Crippen molar-refractivity contribution in [1.29, 1.82) is 0 Å². The van der Waals surface area contributed by atoms with Crippen molar-refractivity contribution in [2.45, 2.75) is 19.9 Å². The molecule has 6 heteroatoms. The van der Waals surface area contributed by atoms with Gasteiger partial charge in [-0.2, -0.15) is 0 Å². The Morgan fingerprint density at radius 1 is 1.29 bits per heavy atom. The fourth-order valence-corrected chi connectivity index (χ4v) is 1.92. The van der Waals surface area contributed by atoms with Crippen molar-refractivity contribution in [2.75, 3.05) is 17.7 Å². The van der Waals surface area contributed by atoms with E-state index in [9.17, 15) is 4.79 Å². The number of anilines is 2. The SMILES string of the molecule is COc1cc(NC(C)c2cccc(NC(C)=O)c2)ncn1. The lowest BCUT2D eigenvalue weighted by Crippen LogP contribution is -2.10. The third-order valence-corrected chi connectivity index (χ3v) is 2.92. The second kappa shape index (κ2) is 6.69. The Balaban J connectivity index is 2.12. The van der Waals surface area contributed by atoms with Crippen molar-refractivity contribution in [3.63, 3.8) is 0 Å². The number of hydrogen-bond donors (Lipinski definition) is 2. The Morgan fingerprint density at radius 2 is 2.10 bits per heavy atom. The maximum absolute atomic E-state index is 11.1. The van der Waals surface area contributed by atoms with E-state index in [-0.39, 0.29) is 11.9 Å². The number of ether oxygens (including phenoxy) is 1. The fourth-order valence-electron chi connectivity index (χ4n) is 1.92. The van der Waals surface area contributed by atoms with Crippen LogP contribution in [0.3, 0.4) is 0 Å². The molecule has 1 atom stereocenters. The summed E-state index contributed by atoms with van der Waals surface area (Å²) >= 11 is 0. The van der Waals surface area contributed by atoms with Gasteiger partial charge in [-0.25, -0.2) is 9.97 Å². The molecule has 0 aliphatic carbocycles. The number of nitrogens with zero attached hydrogens (tertiary/aromatic N) is 2. The summed E-state index contributed by atoms with van der Waals surface area (Å²) in [5.41, 5.74) is 1.81. The van der Waals surface area contributed by atoms with Gasteiger partial charge >= 0.3 is 0 Å². The van der Waals surface area contributed by atoms with Crippen LogP contribution < -0.4 is 15.4 Å². The van der Waals surface area contributed by atoms with Crippen LogP contribution in [0.25, 0.3) is 0 Å². The molecule has 0 fully saturated rings. The standard InChI is InChI=1S/C15H18N4O2/c1-10(18-14-8-15(21-3)17-9-16-14)12-5-4-6-13(7-12)19-11(2)20/h4-10H,1-3H3,(H,19,20)(H,16,17,18). The number of benzene rings is 1. The zero-order chi connectivity index (χ0) is 15.2. The minimum Gasteiger partial charge on any atom is -0.481 e. The summed E-state index contributed by atoms with van der Waals surface area (Å²) in [4.78, 5) is 19.2. The van der Waals surface area contributed by atoms with E-state index in [4.69, 9.17) is 4.74 Å². The predicted octanol–water partition coefficient (Wildman–Crippen LogP) is 2.62. The van der Waals surface area contributed by atoms with E-state index < -0.39 is 0 Å². The first-order valence-electron chi connectivity index (χ1n) is 6.58. The van der Waals surface area contributed by atoms with Gasteiger partial charge in [0.25, 0.3) is 0 Å². The van der Waals surface area contributed by atoms with Crippen molar-refractivity contribution in [1.82, 2.24) is 9.97 Å². The Bertz CT molecular complexity index is 631. The van der Waals surface area contributed by atoms with Gasteiger partial charge in [0, 0.05) is 18.7 Å². The number of hydrogen-bond acceptors (Lipinski definition) is 5. The highest BCUT2D eigenvalue weighted by molar-refractivity contribution is 5.88. The molecular weight excluding hydrogens is 268 g/mol. The minimum absolute atomic E-state index is 0.0262. The average Bonchev–Trinajstić information content (AvgIpc) is 2.47. The second-order valence-corrected chi connectivity index (χ2v) is 4.62. The topological polar surface area (TPSA) is 76.1 Å². The lowest BCUT2D eigenvalue weighted by Gasteiger charge is -2.16. The zero-order valence-electron chi connectivity index (χ0n) is 12.3. The van der Waals surface area contributed by atoms with E-state index in [0.717, 1.165) is 11.3 Å². The third kappa shape index (κ3) is 4.17. The molecule has 2 rings (SSSR count). The zero-order valence-corrected chi connectivity index (χ0v) is 12.3. The van der Waals surface area contributed by atoms with Gasteiger partial charge in [0.05, 0.1) is 13.2 Å². The first kappa shape index (κ1) is 14.8. The van der Waals surface area contributed by atoms with E-state index in [1.54, 1.807) is 13.2 Å². The Hall–Kier alpha value is -2.63. The number of aromatic nitrogens is 2. The number of carbonyl (C=O) groups is 1. The van der Waals surface area contributed by atoms with E-state index in [1.807, 2.05) is 31.2 Å². The molecule has 0 aliphatic rings. The van der Waals surface area contributed by atoms with Crippen LogP contribution in [0.15, 0.2) is 36.7 Å². The second-order valence-electron chi connectivity index (χ2n) is 4.62. The highest BCUT2D eigenvalue weighted by atomic mass is 16.5. The molecule has 1 aromatic carbocycles. The lowest BCUT2D eigenvalue weighted by atomic mass is 10.1. The summed E-state index contributed by atoms with van der Waals surface area (Å²) in [5.74, 6) is 1.10. The molecule has 0 bridgehead atoms. The highest BCUT2D eigenvalue weighted by Crippen LogP contribution is 2.22.